The van der Waals surface area contributed by atoms with Crippen LogP contribution in [0.4, 0.5) is 10.1 Å². The predicted molar refractivity (Wildman–Crippen MR) is 95.3 cm³/mol. The normalized spacial score (nSPS) is 10.8. The minimum Gasteiger partial charge on any atom is -0.350 e. The number of aromatic nitrogens is 1. The van der Waals surface area contributed by atoms with Gasteiger partial charge in [0.1, 0.15) is 11.4 Å². The zero-order valence-corrected chi connectivity index (χ0v) is 14.0. The molecule has 1 amide bonds. The van der Waals surface area contributed by atoms with E-state index in [1.807, 2.05) is 24.5 Å². The Labute approximate surface area is 142 Å². The molecule has 4 nitrogen and oxygen atoms in total. The van der Waals surface area contributed by atoms with Gasteiger partial charge in [0.25, 0.3) is 5.91 Å². The Morgan fingerprint density at radius 1 is 1.21 bits per heavy atom. The number of nitrogens with one attached hydrogen (secondary N) is 1. The van der Waals surface area contributed by atoms with Crippen LogP contribution in [-0.4, -0.2) is 16.7 Å². The summed E-state index contributed by atoms with van der Waals surface area (Å²) in [7, 11) is 1.71. The van der Waals surface area contributed by atoms with E-state index in [1.54, 1.807) is 29.4 Å². The van der Waals surface area contributed by atoms with Gasteiger partial charge in [-0.05, 0) is 42.7 Å². The highest BCUT2D eigenvalue weighted by Crippen LogP contribution is 2.19. The summed E-state index contributed by atoms with van der Waals surface area (Å²) in [5, 5.41) is 2.90. The molecule has 2 aromatic carbocycles. The van der Waals surface area contributed by atoms with Gasteiger partial charge in [0.15, 0.2) is 0 Å². The first-order valence-corrected chi connectivity index (χ1v) is 8.46. The number of anilines is 1. The van der Waals surface area contributed by atoms with Crippen LogP contribution in [0.3, 0.4) is 0 Å². The van der Waals surface area contributed by atoms with Crippen molar-refractivity contribution in [3.63, 3.8) is 0 Å². The van der Waals surface area contributed by atoms with Crippen LogP contribution in [0.15, 0.2) is 58.4 Å². The van der Waals surface area contributed by atoms with Crippen LogP contribution in [0.25, 0.3) is 10.9 Å². The van der Waals surface area contributed by atoms with Crippen molar-refractivity contribution in [1.29, 1.82) is 0 Å². The monoisotopic (exact) mass is 342 g/mol. The van der Waals surface area contributed by atoms with Crippen LogP contribution in [-0.2, 0) is 7.05 Å². The van der Waals surface area contributed by atoms with Crippen molar-refractivity contribution in [3.8, 4) is 0 Å². The zero-order chi connectivity index (χ0) is 17.3. The molecule has 1 aromatic heterocycles. The second-order valence-corrected chi connectivity index (χ2v) is 6.21. The lowest BCUT2D eigenvalue weighted by molar-refractivity contribution is 0.102. The molecule has 0 aliphatic rings. The minimum atomic E-state index is -0.514. The fourth-order valence-corrected chi connectivity index (χ4v) is 2.99. The quantitative estimate of drug-likeness (QED) is 0.739. The Morgan fingerprint density at radius 3 is 2.75 bits per heavy atom. The summed E-state index contributed by atoms with van der Waals surface area (Å²) in [6.45, 7) is 0. The van der Waals surface area contributed by atoms with Crippen molar-refractivity contribution in [2.45, 2.75) is 4.90 Å². The Balaban J connectivity index is 2.03. The first kappa shape index (κ1) is 16.3. The number of aryl methyl sites for hydroxylation is 1. The van der Waals surface area contributed by atoms with Crippen molar-refractivity contribution < 1.29 is 9.18 Å². The van der Waals surface area contributed by atoms with Crippen LogP contribution < -0.4 is 10.7 Å². The first-order chi connectivity index (χ1) is 11.5. The average molecular weight is 342 g/mol. The third kappa shape index (κ3) is 3.05. The Kier molecular flexibility index (Phi) is 4.40. The van der Waals surface area contributed by atoms with Gasteiger partial charge in [0.05, 0.1) is 5.52 Å². The number of hydrogen-bond donors (Lipinski definition) is 1. The topological polar surface area (TPSA) is 51.1 Å². The van der Waals surface area contributed by atoms with Gasteiger partial charge in [0, 0.05) is 29.2 Å². The minimum absolute atomic E-state index is 0.0230. The Hall–Kier alpha value is -2.60. The van der Waals surface area contributed by atoms with E-state index in [4.69, 9.17) is 0 Å². The molecule has 3 aromatic rings. The predicted octanol–water partition coefficient (Wildman–Crippen LogP) is 3.65. The summed E-state index contributed by atoms with van der Waals surface area (Å²) in [6.07, 6.45) is 3.41. The summed E-state index contributed by atoms with van der Waals surface area (Å²) >= 11 is 1.56. The summed E-state index contributed by atoms with van der Waals surface area (Å²) in [6, 6.07) is 11.3. The van der Waals surface area contributed by atoms with E-state index in [-0.39, 0.29) is 10.9 Å². The highest BCUT2D eigenvalue weighted by atomic mass is 32.2. The maximum atomic E-state index is 13.5. The lowest BCUT2D eigenvalue weighted by atomic mass is 10.1. The zero-order valence-electron chi connectivity index (χ0n) is 13.2. The number of nitrogens with zero attached hydrogens (tertiary/aromatic N) is 1. The lowest BCUT2D eigenvalue weighted by Gasteiger charge is -2.10. The fraction of sp³-hybridized carbons (Fsp3) is 0.111. The number of fused-ring (bicyclic) bond motifs is 1. The maximum Gasteiger partial charge on any atom is 0.261 e. The standard InChI is InChI=1S/C18H15FN2O2S/c1-21-10-15(17(22)14-8-11(19)6-7-16(14)21)18(23)20-12-4-3-5-13(9-12)24-2/h3-10H,1-2H3,(H,20,23). The molecule has 0 aliphatic carbocycles. The molecule has 0 atom stereocenters. The summed E-state index contributed by atoms with van der Waals surface area (Å²) in [5.74, 6) is -1.02. The van der Waals surface area contributed by atoms with Gasteiger partial charge in [0.2, 0.25) is 5.43 Å². The van der Waals surface area contributed by atoms with Crippen LogP contribution in [0, 0.1) is 5.82 Å². The highest BCUT2D eigenvalue weighted by molar-refractivity contribution is 7.98. The molecule has 0 aliphatic heterocycles. The van der Waals surface area contributed by atoms with E-state index in [0.717, 1.165) is 11.0 Å². The molecule has 0 saturated heterocycles. The van der Waals surface area contributed by atoms with Crippen LogP contribution >= 0.6 is 11.8 Å². The number of hydrogen-bond acceptors (Lipinski definition) is 3. The van der Waals surface area contributed by atoms with Crippen LogP contribution in [0.2, 0.25) is 0 Å². The molecule has 0 bridgehead atoms. The van der Waals surface area contributed by atoms with Crippen LogP contribution in [0.1, 0.15) is 10.4 Å². The van der Waals surface area contributed by atoms with Crippen molar-refractivity contribution in [1.82, 2.24) is 4.57 Å². The fourth-order valence-electron chi connectivity index (χ4n) is 2.53. The molecule has 6 heteroatoms. The van der Waals surface area contributed by atoms with Gasteiger partial charge in [-0.1, -0.05) is 6.07 Å². The third-order valence-electron chi connectivity index (χ3n) is 3.72. The van der Waals surface area contributed by atoms with Crippen molar-refractivity contribution >= 4 is 34.3 Å². The summed E-state index contributed by atoms with van der Waals surface area (Å²) in [4.78, 5) is 26.0. The van der Waals surface area contributed by atoms with Gasteiger partial charge in [-0.3, -0.25) is 9.59 Å². The largest absolute Gasteiger partial charge is 0.350 e. The molecule has 0 fully saturated rings. The SMILES string of the molecule is CSc1cccc(NC(=O)c2cn(C)c3ccc(F)cc3c2=O)c1. The number of rotatable bonds is 3. The van der Waals surface area contributed by atoms with E-state index in [1.165, 1.54) is 18.3 Å². The van der Waals surface area contributed by atoms with Gasteiger partial charge >= 0.3 is 0 Å². The first-order valence-electron chi connectivity index (χ1n) is 7.24. The molecule has 0 unspecified atom stereocenters. The molecule has 0 saturated carbocycles. The van der Waals surface area contributed by atoms with Gasteiger partial charge in [-0.2, -0.15) is 0 Å². The number of amides is 1. The Morgan fingerprint density at radius 2 is 2.00 bits per heavy atom. The average Bonchev–Trinajstić information content (AvgIpc) is 2.58. The summed E-state index contributed by atoms with van der Waals surface area (Å²) in [5.41, 5.74) is 0.668. The van der Waals surface area contributed by atoms with Crippen LogP contribution in [0.5, 0.6) is 0 Å². The second-order valence-electron chi connectivity index (χ2n) is 5.33. The van der Waals surface area contributed by atoms with Crippen molar-refractivity contribution in [2.75, 3.05) is 11.6 Å². The van der Waals surface area contributed by atoms with Gasteiger partial charge in [-0.25, -0.2) is 4.39 Å². The molecular formula is C18H15FN2O2S. The molecule has 0 spiro atoms. The number of thioether (sulfide) groups is 1. The molecule has 1 N–H and O–H groups in total. The molecule has 24 heavy (non-hydrogen) atoms. The van der Waals surface area contributed by atoms with E-state index in [0.29, 0.717) is 11.2 Å². The number of carbonyl (C=O) groups is 1. The van der Waals surface area contributed by atoms with Gasteiger partial charge in [-0.15, -0.1) is 11.8 Å². The van der Waals surface area contributed by atoms with Crippen molar-refractivity contribution in [2.24, 2.45) is 7.05 Å². The molecular weight excluding hydrogens is 327 g/mol. The number of benzene rings is 2. The maximum absolute atomic E-state index is 13.5. The van der Waals surface area contributed by atoms with Crippen molar-refractivity contribution in [3.05, 3.63) is 70.3 Å². The second kappa shape index (κ2) is 6.49. The number of carbonyl (C=O) groups excluding carboxylic acids is 1. The smallest absolute Gasteiger partial charge is 0.261 e. The molecule has 3 rings (SSSR count). The lowest BCUT2D eigenvalue weighted by Crippen LogP contribution is -2.23. The summed E-state index contributed by atoms with van der Waals surface area (Å²) < 4.78 is 15.1. The highest BCUT2D eigenvalue weighted by Gasteiger charge is 2.15. The van der Waals surface area contributed by atoms with E-state index in [9.17, 15) is 14.0 Å². The molecule has 122 valence electrons. The number of halogens is 1. The van der Waals surface area contributed by atoms with E-state index >= 15 is 0 Å². The number of pyridine rings is 1. The Bertz CT molecular complexity index is 998. The molecule has 0 radical (unpaired) electrons. The molecule has 1 heterocycles. The van der Waals surface area contributed by atoms with Gasteiger partial charge < -0.3 is 9.88 Å². The van der Waals surface area contributed by atoms with E-state index in [2.05, 4.69) is 5.32 Å². The third-order valence-corrected chi connectivity index (χ3v) is 4.45. The van der Waals surface area contributed by atoms with E-state index < -0.39 is 17.2 Å².